The molecule has 1 heterocycles. The zero-order chi connectivity index (χ0) is 8.43. The Labute approximate surface area is 85.9 Å². The molecular formula is C6H3Br2NOS. The Morgan fingerprint density at radius 3 is 2.55 bits per heavy atom. The topological polar surface area (TPSA) is 33.1 Å². The Bertz CT molecular complexity index is 303. The second-order valence-corrected chi connectivity index (χ2v) is 3.82. The van der Waals surface area contributed by atoms with Gasteiger partial charge < -0.3 is 5.11 Å². The maximum absolute atomic E-state index is 8.95. The number of aliphatic hydroxyl groups excluding tert-OH is 1. The largest absolute Gasteiger partial charge is 0.497 e. The second kappa shape index (κ2) is 3.60. The lowest BCUT2D eigenvalue weighted by Gasteiger charge is -1.98. The third-order valence-corrected chi connectivity index (χ3v) is 2.29. The van der Waals surface area contributed by atoms with Crippen LogP contribution in [-0.2, 0) is 0 Å². The van der Waals surface area contributed by atoms with Crippen molar-refractivity contribution in [3.63, 3.8) is 0 Å². The van der Waals surface area contributed by atoms with Crippen LogP contribution in [0.25, 0.3) is 0 Å². The van der Waals surface area contributed by atoms with Crippen molar-refractivity contribution in [3.05, 3.63) is 26.9 Å². The molecule has 0 aliphatic rings. The number of hydrogen-bond donors (Lipinski definition) is 1. The highest BCUT2D eigenvalue weighted by molar-refractivity contribution is 9.11. The Kier molecular flexibility index (Phi) is 2.98. The van der Waals surface area contributed by atoms with Crippen LogP contribution < -0.4 is 0 Å². The zero-order valence-corrected chi connectivity index (χ0v) is 9.20. The number of hydrogen-bond acceptors (Lipinski definition) is 2. The lowest BCUT2D eigenvalue weighted by molar-refractivity contribution is 0.567. The van der Waals surface area contributed by atoms with Gasteiger partial charge in [0.2, 0.25) is 5.05 Å². The smallest absolute Gasteiger partial charge is 0.208 e. The molecule has 0 saturated heterocycles. The lowest BCUT2D eigenvalue weighted by atomic mass is 10.4. The minimum Gasteiger partial charge on any atom is -0.497 e. The Morgan fingerprint density at radius 2 is 2.09 bits per heavy atom. The number of aliphatic hydroxyl groups is 1. The quantitative estimate of drug-likeness (QED) is 0.639. The molecule has 1 rings (SSSR count). The van der Waals surface area contributed by atoms with Crippen LogP contribution in [0, 0.1) is 0 Å². The molecular weight excluding hydrogens is 294 g/mol. The summed E-state index contributed by atoms with van der Waals surface area (Å²) in [6.45, 7) is 0. The molecule has 0 bridgehead atoms. The van der Waals surface area contributed by atoms with E-state index in [1.54, 1.807) is 12.1 Å². The predicted octanol–water partition coefficient (Wildman–Crippen LogP) is 2.84. The fourth-order valence-electron chi connectivity index (χ4n) is 0.568. The van der Waals surface area contributed by atoms with E-state index in [0.717, 1.165) is 0 Å². The van der Waals surface area contributed by atoms with Gasteiger partial charge in [0.1, 0.15) is 10.3 Å². The van der Waals surface area contributed by atoms with E-state index in [4.69, 9.17) is 5.11 Å². The molecule has 11 heavy (non-hydrogen) atoms. The summed E-state index contributed by atoms with van der Waals surface area (Å²) < 4.78 is 1.33. The van der Waals surface area contributed by atoms with Gasteiger partial charge in [0.25, 0.3) is 0 Å². The molecule has 0 fully saturated rings. The molecule has 2 nitrogen and oxygen atoms in total. The first-order chi connectivity index (χ1) is 5.11. The molecule has 0 aliphatic heterocycles. The van der Waals surface area contributed by atoms with E-state index in [1.807, 2.05) is 0 Å². The van der Waals surface area contributed by atoms with Gasteiger partial charge in [-0.3, -0.25) is 0 Å². The van der Waals surface area contributed by atoms with Gasteiger partial charge in [-0.25, -0.2) is 4.98 Å². The van der Waals surface area contributed by atoms with E-state index in [-0.39, 0.29) is 5.05 Å². The molecule has 0 unspecified atom stereocenters. The molecule has 58 valence electrons. The van der Waals surface area contributed by atoms with Crippen LogP contribution in [0.1, 0.15) is 5.69 Å². The van der Waals surface area contributed by atoms with E-state index < -0.39 is 0 Å². The van der Waals surface area contributed by atoms with Crippen LogP contribution in [0.15, 0.2) is 21.2 Å². The summed E-state index contributed by atoms with van der Waals surface area (Å²) in [5, 5.41) is 8.74. The van der Waals surface area contributed by atoms with Crippen LogP contribution in [0.4, 0.5) is 0 Å². The highest BCUT2D eigenvalue weighted by Crippen LogP contribution is 2.17. The van der Waals surface area contributed by atoms with Gasteiger partial charge in [-0.15, -0.1) is 0 Å². The van der Waals surface area contributed by atoms with E-state index >= 15 is 0 Å². The number of nitrogens with zero attached hydrogens (tertiary/aromatic N) is 1. The first-order valence-electron chi connectivity index (χ1n) is 2.66. The van der Waals surface area contributed by atoms with E-state index in [9.17, 15) is 0 Å². The number of pyridine rings is 1. The molecule has 0 radical (unpaired) electrons. The standard InChI is InChI=1S/C6H3Br2NOS/c7-3-1-2-4(8)9-5(3)6(10)11/h1-2H,(H,10,11). The summed E-state index contributed by atoms with van der Waals surface area (Å²) in [6.07, 6.45) is 0. The molecule has 0 amide bonds. The van der Waals surface area contributed by atoms with Crippen LogP contribution in [-0.4, -0.2) is 15.1 Å². The van der Waals surface area contributed by atoms with Gasteiger partial charge in [0.05, 0.1) is 0 Å². The highest BCUT2D eigenvalue weighted by Gasteiger charge is 2.05. The summed E-state index contributed by atoms with van der Waals surface area (Å²) >= 11 is 10.9. The number of thiocarbonyl (C=S) groups is 1. The fraction of sp³-hybridized carbons (Fsp3) is 0. The van der Waals surface area contributed by atoms with Crippen molar-refractivity contribution in [1.82, 2.24) is 4.98 Å². The van der Waals surface area contributed by atoms with Crippen molar-refractivity contribution >= 4 is 49.1 Å². The third-order valence-electron chi connectivity index (χ3n) is 1.01. The van der Waals surface area contributed by atoms with Gasteiger partial charge in [0.15, 0.2) is 0 Å². The summed E-state index contributed by atoms with van der Waals surface area (Å²) in [4.78, 5) is 3.95. The second-order valence-electron chi connectivity index (χ2n) is 1.77. The average molecular weight is 297 g/mol. The predicted molar refractivity (Wildman–Crippen MR) is 54.0 cm³/mol. The van der Waals surface area contributed by atoms with Crippen LogP contribution in [0.3, 0.4) is 0 Å². The van der Waals surface area contributed by atoms with E-state index in [2.05, 4.69) is 49.1 Å². The Hall–Kier alpha value is -0.000000000000000111. The van der Waals surface area contributed by atoms with Crippen LogP contribution in [0.5, 0.6) is 0 Å². The first-order valence-corrected chi connectivity index (χ1v) is 4.66. The SMILES string of the molecule is OC(=S)c1nc(Br)ccc1Br. The molecule has 5 heteroatoms. The van der Waals surface area contributed by atoms with Crippen LogP contribution in [0.2, 0.25) is 0 Å². The minimum atomic E-state index is -0.210. The Morgan fingerprint density at radius 1 is 1.45 bits per heavy atom. The molecule has 0 saturated carbocycles. The molecule has 1 aromatic heterocycles. The lowest BCUT2D eigenvalue weighted by Crippen LogP contribution is -1.99. The normalized spacial score (nSPS) is 9.64. The van der Waals surface area contributed by atoms with Crippen molar-refractivity contribution < 1.29 is 5.11 Å². The van der Waals surface area contributed by atoms with Gasteiger partial charge in [-0.05, 0) is 56.2 Å². The van der Waals surface area contributed by atoms with Crippen molar-refractivity contribution in [1.29, 1.82) is 0 Å². The summed E-state index contributed by atoms with van der Waals surface area (Å²) in [7, 11) is 0. The monoisotopic (exact) mass is 295 g/mol. The summed E-state index contributed by atoms with van der Waals surface area (Å²) in [6, 6.07) is 3.51. The number of aromatic nitrogens is 1. The molecule has 0 atom stereocenters. The molecule has 0 spiro atoms. The highest BCUT2D eigenvalue weighted by atomic mass is 79.9. The zero-order valence-electron chi connectivity index (χ0n) is 5.21. The Balaban J connectivity index is 3.23. The number of halogens is 2. The third kappa shape index (κ3) is 2.21. The van der Waals surface area contributed by atoms with Gasteiger partial charge in [0, 0.05) is 4.47 Å². The summed E-state index contributed by atoms with van der Waals surface area (Å²) in [5.74, 6) is 0. The van der Waals surface area contributed by atoms with E-state index in [1.165, 1.54) is 0 Å². The van der Waals surface area contributed by atoms with Gasteiger partial charge >= 0.3 is 0 Å². The molecule has 0 aliphatic carbocycles. The van der Waals surface area contributed by atoms with Crippen molar-refractivity contribution in [2.24, 2.45) is 0 Å². The van der Waals surface area contributed by atoms with Crippen LogP contribution >= 0.6 is 44.1 Å². The fourth-order valence-corrected chi connectivity index (χ4v) is 1.57. The summed E-state index contributed by atoms with van der Waals surface area (Å²) in [5.41, 5.74) is 0.384. The molecule has 1 N–H and O–H groups in total. The number of rotatable bonds is 1. The first kappa shape index (κ1) is 9.09. The van der Waals surface area contributed by atoms with Crippen molar-refractivity contribution in [2.75, 3.05) is 0 Å². The average Bonchev–Trinajstić information content (AvgIpc) is 1.94. The van der Waals surface area contributed by atoms with Crippen molar-refractivity contribution in [2.45, 2.75) is 0 Å². The minimum absolute atomic E-state index is 0.210. The van der Waals surface area contributed by atoms with E-state index in [0.29, 0.717) is 14.8 Å². The maximum Gasteiger partial charge on any atom is 0.208 e. The van der Waals surface area contributed by atoms with Crippen molar-refractivity contribution in [3.8, 4) is 0 Å². The van der Waals surface area contributed by atoms with Gasteiger partial charge in [-0.1, -0.05) is 0 Å². The molecule has 0 aromatic carbocycles. The maximum atomic E-state index is 8.95. The molecule has 1 aromatic rings. The van der Waals surface area contributed by atoms with Gasteiger partial charge in [-0.2, -0.15) is 0 Å².